The van der Waals surface area contributed by atoms with Gasteiger partial charge in [0, 0.05) is 18.1 Å². The molecule has 1 N–H and O–H groups in total. The van der Waals surface area contributed by atoms with Gasteiger partial charge in [-0.05, 0) is 58.6 Å². The summed E-state index contributed by atoms with van der Waals surface area (Å²) in [5.74, 6) is 1.02. The minimum Gasteiger partial charge on any atom is -0.350 e. The molecule has 2 amide bonds. The molecular formula is C23H32N6O2S. The van der Waals surface area contributed by atoms with E-state index in [2.05, 4.69) is 22.4 Å². The molecule has 0 radical (unpaired) electrons. The molecule has 0 bridgehead atoms. The average Bonchev–Trinajstić information content (AvgIpc) is 3.30. The Morgan fingerprint density at radius 1 is 1.16 bits per heavy atom. The third kappa shape index (κ3) is 4.62. The predicted molar refractivity (Wildman–Crippen MR) is 127 cm³/mol. The lowest BCUT2D eigenvalue weighted by molar-refractivity contribution is -0.132. The van der Waals surface area contributed by atoms with Gasteiger partial charge in [-0.1, -0.05) is 30.8 Å². The van der Waals surface area contributed by atoms with Gasteiger partial charge in [0.05, 0.1) is 16.8 Å². The van der Waals surface area contributed by atoms with Crippen molar-refractivity contribution in [1.29, 1.82) is 0 Å². The highest BCUT2D eigenvalue weighted by molar-refractivity contribution is 7.99. The maximum atomic E-state index is 12.9. The minimum atomic E-state index is -0.309. The zero-order chi connectivity index (χ0) is 22.9. The summed E-state index contributed by atoms with van der Waals surface area (Å²) < 4.78 is 3.83. The van der Waals surface area contributed by atoms with Crippen molar-refractivity contribution in [3.63, 3.8) is 0 Å². The molecule has 4 rings (SSSR count). The number of likely N-dealkylation sites (tertiary alicyclic amines) is 1. The second kappa shape index (κ2) is 9.13. The summed E-state index contributed by atoms with van der Waals surface area (Å²) in [6.07, 6.45) is 4.36. The van der Waals surface area contributed by atoms with Gasteiger partial charge in [0.25, 0.3) is 0 Å². The smallest absolute Gasteiger partial charge is 0.240 e. The zero-order valence-corrected chi connectivity index (χ0v) is 20.1. The van der Waals surface area contributed by atoms with E-state index in [0.717, 1.165) is 36.8 Å². The predicted octanol–water partition coefficient (Wildman–Crippen LogP) is 3.48. The molecule has 1 atom stereocenters. The number of carbonyl (C=O) groups is 2. The van der Waals surface area contributed by atoms with Crippen LogP contribution < -0.4 is 5.32 Å². The Labute approximate surface area is 192 Å². The lowest BCUT2D eigenvalue weighted by Crippen LogP contribution is -2.44. The summed E-state index contributed by atoms with van der Waals surface area (Å²) in [5.41, 5.74) is 1.53. The van der Waals surface area contributed by atoms with Gasteiger partial charge in [0.2, 0.25) is 17.6 Å². The van der Waals surface area contributed by atoms with Crippen LogP contribution in [0, 0.1) is 0 Å². The van der Waals surface area contributed by atoms with Gasteiger partial charge in [-0.3, -0.25) is 18.6 Å². The highest BCUT2D eigenvalue weighted by Crippen LogP contribution is 2.27. The second-order valence-electron chi connectivity index (χ2n) is 9.42. The highest BCUT2D eigenvalue weighted by atomic mass is 32.2. The monoisotopic (exact) mass is 456 g/mol. The molecule has 0 aliphatic carbocycles. The van der Waals surface area contributed by atoms with E-state index < -0.39 is 0 Å². The molecule has 1 aliphatic rings. The van der Waals surface area contributed by atoms with E-state index in [1.165, 1.54) is 18.2 Å². The number of hydrogen-bond donors (Lipinski definition) is 1. The molecular weight excluding hydrogens is 424 g/mol. The number of nitrogens with one attached hydrogen (secondary N) is 1. The largest absolute Gasteiger partial charge is 0.350 e. The quantitative estimate of drug-likeness (QED) is 0.574. The zero-order valence-electron chi connectivity index (χ0n) is 19.3. The van der Waals surface area contributed by atoms with Crippen molar-refractivity contribution in [3.05, 3.63) is 24.3 Å². The van der Waals surface area contributed by atoms with Crippen molar-refractivity contribution in [3.8, 4) is 0 Å². The molecule has 9 heteroatoms. The molecule has 1 fully saturated rings. The van der Waals surface area contributed by atoms with Crippen molar-refractivity contribution in [2.24, 2.45) is 0 Å². The van der Waals surface area contributed by atoms with Crippen LogP contribution in [0.15, 0.2) is 29.4 Å². The third-order valence-corrected chi connectivity index (χ3v) is 6.74. The van der Waals surface area contributed by atoms with Crippen LogP contribution in [0.1, 0.15) is 53.4 Å². The highest BCUT2D eigenvalue weighted by Gasteiger charge is 2.26. The minimum absolute atomic E-state index is 0.0798. The van der Waals surface area contributed by atoms with Crippen molar-refractivity contribution < 1.29 is 9.59 Å². The number of aromatic nitrogens is 4. The van der Waals surface area contributed by atoms with Crippen molar-refractivity contribution in [2.45, 2.75) is 76.7 Å². The molecule has 1 unspecified atom stereocenters. The standard InChI is InChI=1S/C23H32N6O2S/c1-5-16-10-8-9-13-27(16)20(31)15-32-22-26-25-21-28(14-19(30)24-23(2,3)4)17-11-6-7-12-18(17)29(21)22/h6-7,11-12,16H,5,8-10,13-15H2,1-4H3,(H,24,30). The number of imidazole rings is 1. The van der Waals surface area contributed by atoms with Crippen LogP contribution >= 0.6 is 11.8 Å². The lowest BCUT2D eigenvalue weighted by atomic mass is 10.0. The Bertz CT molecular complexity index is 1130. The molecule has 0 spiro atoms. The van der Waals surface area contributed by atoms with Gasteiger partial charge in [-0.15, -0.1) is 10.2 Å². The molecule has 1 aliphatic heterocycles. The van der Waals surface area contributed by atoms with Crippen LogP contribution in [0.25, 0.3) is 16.8 Å². The van der Waals surface area contributed by atoms with Gasteiger partial charge in [-0.2, -0.15) is 0 Å². The molecule has 8 nitrogen and oxygen atoms in total. The average molecular weight is 457 g/mol. The lowest BCUT2D eigenvalue weighted by Gasteiger charge is -2.35. The number of fused-ring (bicyclic) bond motifs is 3. The Balaban J connectivity index is 1.59. The Morgan fingerprint density at radius 3 is 2.62 bits per heavy atom. The maximum absolute atomic E-state index is 12.9. The van der Waals surface area contributed by atoms with Gasteiger partial charge < -0.3 is 10.2 Å². The van der Waals surface area contributed by atoms with Gasteiger partial charge in [0.15, 0.2) is 5.16 Å². The van der Waals surface area contributed by atoms with Crippen molar-refractivity contribution in [2.75, 3.05) is 12.3 Å². The van der Waals surface area contributed by atoms with Crippen LogP contribution in [0.3, 0.4) is 0 Å². The van der Waals surface area contributed by atoms with E-state index >= 15 is 0 Å². The number of para-hydroxylation sites is 2. The molecule has 172 valence electrons. The Hall–Kier alpha value is -2.55. The van der Waals surface area contributed by atoms with E-state index in [1.54, 1.807) is 0 Å². The molecule has 3 aromatic rings. The fraction of sp³-hybridized carbons (Fsp3) is 0.565. The summed E-state index contributed by atoms with van der Waals surface area (Å²) in [4.78, 5) is 27.6. The van der Waals surface area contributed by atoms with Crippen molar-refractivity contribution in [1.82, 2.24) is 29.4 Å². The van der Waals surface area contributed by atoms with E-state index in [4.69, 9.17) is 0 Å². The first kappa shape index (κ1) is 22.6. The van der Waals surface area contributed by atoms with Gasteiger partial charge in [0.1, 0.15) is 6.54 Å². The molecule has 1 aromatic carbocycles. The summed E-state index contributed by atoms with van der Waals surface area (Å²) >= 11 is 1.41. The fourth-order valence-corrected chi connectivity index (χ4v) is 5.28. The SMILES string of the molecule is CCC1CCCCN1C(=O)CSc1nnc2n(CC(=O)NC(C)(C)C)c3ccccc3n12. The molecule has 32 heavy (non-hydrogen) atoms. The second-order valence-corrected chi connectivity index (χ2v) is 10.4. The van der Waals surface area contributed by atoms with Gasteiger partial charge in [-0.25, -0.2) is 0 Å². The number of amides is 2. The first-order valence-electron chi connectivity index (χ1n) is 11.3. The normalized spacial score (nSPS) is 17.2. The number of carbonyl (C=O) groups excluding carboxylic acids is 2. The molecule has 2 aromatic heterocycles. The van der Waals surface area contributed by atoms with E-state index in [1.807, 2.05) is 58.9 Å². The van der Waals surface area contributed by atoms with Crippen molar-refractivity contribution >= 4 is 40.4 Å². The van der Waals surface area contributed by atoms with E-state index in [0.29, 0.717) is 22.7 Å². The number of rotatable bonds is 6. The third-order valence-electron chi connectivity index (χ3n) is 5.83. The van der Waals surface area contributed by atoms with Crippen LogP contribution in [-0.2, 0) is 16.1 Å². The summed E-state index contributed by atoms with van der Waals surface area (Å²) in [5, 5.41) is 12.4. The molecule has 3 heterocycles. The van der Waals surface area contributed by atoms with Crippen LogP contribution in [0.4, 0.5) is 0 Å². The number of benzene rings is 1. The van der Waals surface area contributed by atoms with E-state index in [-0.39, 0.29) is 23.9 Å². The molecule has 0 saturated carbocycles. The summed E-state index contributed by atoms with van der Waals surface area (Å²) in [7, 11) is 0. The Kier molecular flexibility index (Phi) is 6.46. The number of nitrogens with zero attached hydrogens (tertiary/aromatic N) is 5. The van der Waals surface area contributed by atoms with E-state index in [9.17, 15) is 9.59 Å². The number of thioether (sulfide) groups is 1. The van der Waals surface area contributed by atoms with Crippen LogP contribution in [0.5, 0.6) is 0 Å². The molecule has 1 saturated heterocycles. The topological polar surface area (TPSA) is 84.5 Å². The first-order chi connectivity index (χ1) is 15.3. The van der Waals surface area contributed by atoms with Crippen LogP contribution in [-0.4, -0.2) is 59.8 Å². The first-order valence-corrected chi connectivity index (χ1v) is 12.3. The number of hydrogen-bond acceptors (Lipinski definition) is 5. The summed E-state index contributed by atoms with van der Waals surface area (Å²) in [6, 6.07) is 8.23. The fourth-order valence-electron chi connectivity index (χ4n) is 4.45. The Morgan fingerprint density at radius 2 is 1.91 bits per heavy atom. The summed E-state index contributed by atoms with van der Waals surface area (Å²) in [6.45, 7) is 9.03. The maximum Gasteiger partial charge on any atom is 0.240 e. The van der Waals surface area contributed by atoms with Crippen LogP contribution in [0.2, 0.25) is 0 Å². The number of piperidine rings is 1. The van der Waals surface area contributed by atoms with Gasteiger partial charge >= 0.3 is 0 Å².